The Kier molecular flexibility index (Phi) is 70.0. The van der Waals surface area contributed by atoms with Gasteiger partial charge in [0.2, 0.25) is 0 Å². The van der Waals surface area contributed by atoms with E-state index in [4.69, 9.17) is 14.2 Å². The maximum absolute atomic E-state index is 13.0. The zero-order valence-electron chi connectivity index (χ0n) is 56.2. The first kappa shape index (κ1) is 80.6. The van der Waals surface area contributed by atoms with Crippen LogP contribution >= 0.6 is 0 Å². The van der Waals surface area contributed by atoms with E-state index < -0.39 is 6.10 Å². The first-order valence-corrected chi connectivity index (χ1v) is 37.5. The lowest BCUT2D eigenvalue weighted by atomic mass is 10.0. The Labute approximate surface area is 518 Å². The third-order valence-corrected chi connectivity index (χ3v) is 17.2. The van der Waals surface area contributed by atoms with Crippen molar-refractivity contribution in [3.63, 3.8) is 0 Å². The van der Waals surface area contributed by atoms with Crippen molar-refractivity contribution in [2.75, 3.05) is 13.2 Å². The molecule has 0 aliphatic rings. The van der Waals surface area contributed by atoms with Crippen LogP contribution in [0.5, 0.6) is 0 Å². The lowest BCUT2D eigenvalue weighted by Gasteiger charge is -2.18. The molecule has 0 amide bonds. The monoisotopic (exact) mass is 1170 g/mol. The Morgan fingerprint density at radius 3 is 0.735 bits per heavy atom. The molecule has 83 heavy (non-hydrogen) atoms. The molecule has 0 N–H and O–H groups in total. The van der Waals surface area contributed by atoms with Gasteiger partial charge in [0.1, 0.15) is 13.2 Å². The molecule has 6 nitrogen and oxygen atoms in total. The fourth-order valence-electron chi connectivity index (χ4n) is 11.6. The van der Waals surface area contributed by atoms with E-state index in [2.05, 4.69) is 57.2 Å². The van der Waals surface area contributed by atoms with Gasteiger partial charge < -0.3 is 14.2 Å². The Morgan fingerprint density at radius 2 is 0.470 bits per heavy atom. The third kappa shape index (κ3) is 70.3. The number of hydrogen-bond acceptors (Lipinski definition) is 6. The number of carbonyl (C=O) groups excluding carboxylic acids is 3. The first-order chi connectivity index (χ1) is 41.0. The second-order valence-electron chi connectivity index (χ2n) is 25.5. The van der Waals surface area contributed by atoms with Crippen molar-refractivity contribution in [3.05, 3.63) is 36.5 Å². The number of carbonyl (C=O) groups is 3. The molecule has 0 aromatic heterocycles. The lowest BCUT2D eigenvalue weighted by Crippen LogP contribution is -2.30. The van der Waals surface area contributed by atoms with Crippen molar-refractivity contribution in [2.45, 2.75) is 425 Å². The van der Waals surface area contributed by atoms with Crippen molar-refractivity contribution in [1.29, 1.82) is 0 Å². The van der Waals surface area contributed by atoms with Crippen LogP contribution < -0.4 is 0 Å². The van der Waals surface area contributed by atoms with E-state index in [9.17, 15) is 14.4 Å². The fraction of sp³-hybridized carbons (Fsp3) is 0.883. The molecule has 488 valence electrons. The van der Waals surface area contributed by atoms with Gasteiger partial charge in [0.25, 0.3) is 0 Å². The van der Waals surface area contributed by atoms with Crippen LogP contribution in [0.1, 0.15) is 419 Å². The summed E-state index contributed by atoms with van der Waals surface area (Å²) in [6.07, 6.45) is 90.7. The van der Waals surface area contributed by atoms with E-state index >= 15 is 0 Å². The van der Waals surface area contributed by atoms with Gasteiger partial charge in [-0.3, -0.25) is 14.4 Å². The van der Waals surface area contributed by atoms with Crippen LogP contribution in [-0.2, 0) is 28.6 Å². The molecule has 0 bridgehead atoms. The van der Waals surface area contributed by atoms with Crippen molar-refractivity contribution < 1.29 is 28.6 Å². The van der Waals surface area contributed by atoms with E-state index in [0.29, 0.717) is 19.3 Å². The smallest absolute Gasteiger partial charge is 0.306 e. The van der Waals surface area contributed by atoms with Crippen molar-refractivity contribution in [2.24, 2.45) is 0 Å². The predicted octanol–water partition coefficient (Wildman–Crippen LogP) is 25.9. The highest BCUT2D eigenvalue weighted by molar-refractivity contribution is 5.71. The largest absolute Gasteiger partial charge is 0.462 e. The summed E-state index contributed by atoms with van der Waals surface area (Å²) in [5.74, 6) is -0.875. The van der Waals surface area contributed by atoms with Crippen molar-refractivity contribution >= 4 is 17.9 Å². The normalized spacial score (nSPS) is 12.2. The summed E-state index contributed by atoms with van der Waals surface area (Å²) in [6.45, 7) is 6.59. The number of rotatable bonds is 70. The van der Waals surface area contributed by atoms with Gasteiger partial charge in [-0.1, -0.05) is 385 Å². The number of ether oxygens (including phenoxy) is 3. The molecule has 0 aliphatic heterocycles. The van der Waals surface area contributed by atoms with E-state index in [-0.39, 0.29) is 31.1 Å². The summed E-state index contributed by atoms with van der Waals surface area (Å²) in [7, 11) is 0. The molecular weight excluding hydrogens is 1020 g/mol. The van der Waals surface area contributed by atoms with Crippen molar-refractivity contribution in [1.82, 2.24) is 0 Å². The van der Waals surface area contributed by atoms with Crippen LogP contribution in [0, 0.1) is 0 Å². The van der Waals surface area contributed by atoms with Gasteiger partial charge in [0.05, 0.1) is 0 Å². The topological polar surface area (TPSA) is 78.9 Å². The maximum atomic E-state index is 13.0. The van der Waals surface area contributed by atoms with Crippen LogP contribution in [0.4, 0.5) is 0 Å². The molecular formula is C77H144O6. The highest BCUT2D eigenvalue weighted by Crippen LogP contribution is 2.20. The predicted molar refractivity (Wildman–Crippen MR) is 362 cm³/mol. The zero-order chi connectivity index (χ0) is 59.9. The van der Waals surface area contributed by atoms with Crippen molar-refractivity contribution in [3.8, 4) is 0 Å². The van der Waals surface area contributed by atoms with Crippen LogP contribution in [0.2, 0.25) is 0 Å². The molecule has 0 saturated carbocycles. The Hall–Kier alpha value is -2.37. The number of allylic oxidation sites excluding steroid dienone is 6. The second-order valence-corrected chi connectivity index (χ2v) is 25.5. The number of unbranched alkanes of at least 4 members (excludes halogenated alkanes) is 53. The molecule has 0 saturated heterocycles. The van der Waals surface area contributed by atoms with Gasteiger partial charge in [0, 0.05) is 19.3 Å². The molecule has 0 rings (SSSR count). The molecule has 0 heterocycles. The zero-order valence-corrected chi connectivity index (χ0v) is 56.2. The number of esters is 3. The molecule has 0 aliphatic carbocycles. The molecule has 0 radical (unpaired) electrons. The maximum Gasteiger partial charge on any atom is 0.306 e. The summed E-state index contributed by atoms with van der Waals surface area (Å²) in [5, 5.41) is 0. The highest BCUT2D eigenvalue weighted by Gasteiger charge is 2.20. The minimum absolute atomic E-state index is 0.0757. The first-order valence-electron chi connectivity index (χ1n) is 37.5. The summed E-state index contributed by atoms with van der Waals surface area (Å²) in [5.41, 5.74) is 0. The minimum atomic E-state index is -0.782. The molecule has 1 unspecified atom stereocenters. The van der Waals surface area contributed by atoms with Gasteiger partial charge in [-0.25, -0.2) is 0 Å². The highest BCUT2D eigenvalue weighted by atomic mass is 16.6. The van der Waals surface area contributed by atoms with Crippen LogP contribution in [0.25, 0.3) is 0 Å². The quantitative estimate of drug-likeness (QED) is 0.0261. The Balaban J connectivity index is 4.14. The van der Waals surface area contributed by atoms with E-state index in [1.54, 1.807) is 0 Å². The fourth-order valence-corrected chi connectivity index (χ4v) is 11.6. The van der Waals surface area contributed by atoms with Gasteiger partial charge in [-0.2, -0.15) is 0 Å². The van der Waals surface area contributed by atoms with Gasteiger partial charge >= 0.3 is 17.9 Å². The van der Waals surface area contributed by atoms with E-state index in [0.717, 1.165) is 83.5 Å². The standard InChI is InChI=1S/C77H144O6/c1-4-7-10-13-16-19-22-25-27-29-31-33-34-35-36-37-38-39-40-41-42-44-45-47-49-52-55-58-61-64-67-70-76(79)82-73-74(72-81-75(78)69-66-63-60-57-54-51-24-21-18-15-12-9-6-3)83-77(80)71-68-65-62-59-56-53-50-48-46-43-32-30-28-26-23-20-17-14-11-8-5-2/h9,12,18,21,51,54,74H,4-8,10-11,13-17,19-20,22-50,52-53,55-73H2,1-3H3/b12-9-,21-18-,54-51-. The third-order valence-electron chi connectivity index (χ3n) is 17.2. The lowest BCUT2D eigenvalue weighted by molar-refractivity contribution is -0.167. The van der Waals surface area contributed by atoms with E-state index in [1.165, 1.54) is 295 Å². The van der Waals surface area contributed by atoms with Crippen LogP contribution in [-0.4, -0.2) is 37.2 Å². The van der Waals surface area contributed by atoms with Gasteiger partial charge in [-0.15, -0.1) is 0 Å². The molecule has 0 aromatic rings. The molecule has 0 aromatic carbocycles. The van der Waals surface area contributed by atoms with E-state index in [1.807, 2.05) is 0 Å². The Morgan fingerprint density at radius 1 is 0.253 bits per heavy atom. The average molecular weight is 1170 g/mol. The number of hydrogen-bond donors (Lipinski definition) is 0. The molecule has 0 fully saturated rings. The summed E-state index contributed by atoms with van der Waals surface area (Å²) in [4.78, 5) is 38.4. The molecule has 1 atom stereocenters. The SMILES string of the molecule is CC/C=C\C/C=C\C/C=C\CCCCCC(=O)OCC(COC(=O)CCCCCCCCCCCCCCCCCCCCCCCCCCCCCCCCC)OC(=O)CCCCCCCCCCCCCCCCCCCCCCC. The molecule has 6 heteroatoms. The minimum Gasteiger partial charge on any atom is -0.462 e. The average Bonchev–Trinajstić information content (AvgIpc) is 3.49. The summed E-state index contributed by atoms with van der Waals surface area (Å²) >= 11 is 0. The van der Waals surface area contributed by atoms with Crippen LogP contribution in [0.3, 0.4) is 0 Å². The molecule has 0 spiro atoms. The second kappa shape index (κ2) is 72.1. The summed E-state index contributed by atoms with van der Waals surface area (Å²) < 4.78 is 17.0. The summed E-state index contributed by atoms with van der Waals surface area (Å²) in [6, 6.07) is 0. The van der Waals surface area contributed by atoms with Crippen LogP contribution in [0.15, 0.2) is 36.5 Å². The van der Waals surface area contributed by atoms with Gasteiger partial charge in [0.15, 0.2) is 6.10 Å². The van der Waals surface area contributed by atoms with Gasteiger partial charge in [-0.05, 0) is 51.4 Å². The Bertz CT molecular complexity index is 1380.